The van der Waals surface area contributed by atoms with Crippen molar-refractivity contribution in [3.05, 3.63) is 0 Å². The van der Waals surface area contributed by atoms with Gasteiger partial charge >= 0.3 is 0 Å². The third-order valence-corrected chi connectivity index (χ3v) is 3.94. The molecular weight excluding hydrogens is 204 g/mol. The van der Waals surface area contributed by atoms with Crippen LogP contribution in [0.2, 0.25) is 0 Å². The number of carbonyl (C=O) groups is 1. The molecule has 16 heavy (non-hydrogen) atoms. The summed E-state index contributed by atoms with van der Waals surface area (Å²) in [6.07, 6.45) is 6.38. The Morgan fingerprint density at radius 2 is 2.12 bits per heavy atom. The van der Waals surface area contributed by atoms with Gasteiger partial charge in [0.2, 0.25) is 0 Å². The van der Waals surface area contributed by atoms with Crippen LogP contribution in [0.4, 0.5) is 0 Å². The molecule has 2 saturated heterocycles. The predicted molar refractivity (Wildman–Crippen MR) is 61.3 cm³/mol. The predicted octanol–water partition coefficient (Wildman–Crippen LogP) is 2.19. The molecule has 0 aliphatic carbocycles. The summed E-state index contributed by atoms with van der Waals surface area (Å²) in [5.41, 5.74) is 0.0732. The number of hydrogen-bond donors (Lipinski definition) is 0. The molecule has 0 aromatic carbocycles. The first-order valence-corrected chi connectivity index (χ1v) is 6.41. The Balaban J connectivity index is 1.90. The van der Waals surface area contributed by atoms with Crippen molar-refractivity contribution >= 4 is 6.29 Å². The van der Waals surface area contributed by atoms with E-state index in [9.17, 15) is 4.79 Å². The largest absolute Gasteiger partial charge is 0.381 e. The molecule has 0 aromatic rings. The molecule has 0 aromatic heterocycles. The summed E-state index contributed by atoms with van der Waals surface area (Å²) in [4.78, 5) is 10.7. The molecule has 1 spiro atoms. The summed E-state index contributed by atoms with van der Waals surface area (Å²) in [5.74, 6) is 0.854. The minimum Gasteiger partial charge on any atom is -0.381 e. The fraction of sp³-hybridized carbons (Fsp3) is 0.923. The standard InChI is InChI=1S/C13H22O3/c1-11(10-14)8-12-2-5-16-13(9-12)3-6-15-7-4-13/h10-12H,2-9H2,1H3. The van der Waals surface area contributed by atoms with Gasteiger partial charge in [0.25, 0.3) is 0 Å². The highest BCUT2D eigenvalue weighted by Crippen LogP contribution is 2.38. The molecule has 3 nitrogen and oxygen atoms in total. The molecule has 2 fully saturated rings. The first-order chi connectivity index (χ1) is 7.74. The minimum atomic E-state index is 0.0732. The van der Waals surface area contributed by atoms with E-state index in [1.807, 2.05) is 6.92 Å². The van der Waals surface area contributed by atoms with Crippen LogP contribution in [0.3, 0.4) is 0 Å². The van der Waals surface area contributed by atoms with Crippen LogP contribution in [0.5, 0.6) is 0 Å². The monoisotopic (exact) mass is 226 g/mol. The van der Waals surface area contributed by atoms with Crippen LogP contribution in [-0.4, -0.2) is 31.7 Å². The number of ether oxygens (including phenoxy) is 2. The zero-order valence-electron chi connectivity index (χ0n) is 10.1. The third kappa shape index (κ3) is 2.83. The highest BCUT2D eigenvalue weighted by atomic mass is 16.5. The summed E-state index contributed by atoms with van der Waals surface area (Å²) in [6, 6.07) is 0. The Labute approximate surface area is 97.5 Å². The van der Waals surface area contributed by atoms with Crippen LogP contribution < -0.4 is 0 Å². The topological polar surface area (TPSA) is 35.5 Å². The van der Waals surface area contributed by atoms with Gasteiger partial charge in [-0.2, -0.15) is 0 Å². The highest BCUT2D eigenvalue weighted by molar-refractivity contribution is 5.52. The summed E-state index contributed by atoms with van der Waals surface area (Å²) in [5, 5.41) is 0. The van der Waals surface area contributed by atoms with Crippen molar-refractivity contribution < 1.29 is 14.3 Å². The Hall–Kier alpha value is -0.410. The van der Waals surface area contributed by atoms with E-state index in [0.29, 0.717) is 5.92 Å². The molecule has 2 aliphatic rings. The Morgan fingerprint density at radius 3 is 2.81 bits per heavy atom. The molecule has 2 unspecified atom stereocenters. The lowest BCUT2D eigenvalue weighted by atomic mass is 9.78. The van der Waals surface area contributed by atoms with Crippen LogP contribution in [0, 0.1) is 11.8 Å². The van der Waals surface area contributed by atoms with Crippen molar-refractivity contribution in [3.8, 4) is 0 Å². The van der Waals surface area contributed by atoms with E-state index >= 15 is 0 Å². The summed E-state index contributed by atoms with van der Waals surface area (Å²) < 4.78 is 11.4. The normalized spacial score (nSPS) is 31.2. The first kappa shape index (κ1) is 12.1. The van der Waals surface area contributed by atoms with E-state index in [0.717, 1.165) is 58.2 Å². The van der Waals surface area contributed by atoms with E-state index in [2.05, 4.69) is 0 Å². The molecule has 0 saturated carbocycles. The zero-order valence-corrected chi connectivity index (χ0v) is 10.1. The average Bonchev–Trinajstić information content (AvgIpc) is 2.30. The molecular formula is C13H22O3. The SMILES string of the molecule is CC(C=O)CC1CCOC2(CCOCC2)C1. The van der Waals surface area contributed by atoms with Gasteiger partial charge in [-0.15, -0.1) is 0 Å². The molecule has 0 bridgehead atoms. The van der Waals surface area contributed by atoms with E-state index in [-0.39, 0.29) is 11.5 Å². The number of aldehydes is 1. The fourth-order valence-electron chi connectivity index (χ4n) is 3.00. The lowest BCUT2D eigenvalue weighted by Crippen LogP contribution is -2.44. The van der Waals surface area contributed by atoms with Crippen molar-refractivity contribution in [1.82, 2.24) is 0 Å². The van der Waals surface area contributed by atoms with Gasteiger partial charge in [-0.1, -0.05) is 6.92 Å². The second-order valence-corrected chi connectivity index (χ2v) is 5.35. The summed E-state index contributed by atoms with van der Waals surface area (Å²) in [7, 11) is 0. The summed E-state index contributed by atoms with van der Waals surface area (Å²) >= 11 is 0. The smallest absolute Gasteiger partial charge is 0.122 e. The van der Waals surface area contributed by atoms with Gasteiger partial charge in [0, 0.05) is 25.7 Å². The highest BCUT2D eigenvalue weighted by Gasteiger charge is 2.39. The molecule has 0 radical (unpaired) electrons. The van der Waals surface area contributed by atoms with Crippen molar-refractivity contribution in [1.29, 1.82) is 0 Å². The molecule has 0 amide bonds. The van der Waals surface area contributed by atoms with Gasteiger partial charge in [0.15, 0.2) is 0 Å². The van der Waals surface area contributed by atoms with Crippen LogP contribution >= 0.6 is 0 Å². The van der Waals surface area contributed by atoms with E-state index in [1.54, 1.807) is 0 Å². The van der Waals surface area contributed by atoms with E-state index in [1.165, 1.54) is 0 Å². The third-order valence-electron chi connectivity index (χ3n) is 3.94. The van der Waals surface area contributed by atoms with Gasteiger partial charge in [-0.05, 0) is 38.0 Å². The van der Waals surface area contributed by atoms with Crippen molar-refractivity contribution in [2.45, 2.75) is 44.6 Å². The fourth-order valence-corrected chi connectivity index (χ4v) is 3.00. The molecule has 2 atom stereocenters. The number of rotatable bonds is 3. The minimum absolute atomic E-state index is 0.0732. The van der Waals surface area contributed by atoms with Gasteiger partial charge in [0.05, 0.1) is 5.60 Å². The maximum absolute atomic E-state index is 10.7. The Morgan fingerprint density at radius 1 is 1.38 bits per heavy atom. The van der Waals surface area contributed by atoms with Gasteiger partial charge in [-0.3, -0.25) is 0 Å². The van der Waals surface area contributed by atoms with Crippen LogP contribution in [-0.2, 0) is 14.3 Å². The number of hydrogen-bond acceptors (Lipinski definition) is 3. The second-order valence-electron chi connectivity index (χ2n) is 5.35. The Bertz CT molecular complexity index is 228. The first-order valence-electron chi connectivity index (χ1n) is 6.41. The second kappa shape index (κ2) is 5.28. The maximum atomic E-state index is 10.7. The molecule has 2 heterocycles. The molecule has 3 heteroatoms. The zero-order chi connectivity index (χ0) is 11.4. The van der Waals surface area contributed by atoms with Crippen LogP contribution in [0.25, 0.3) is 0 Å². The molecule has 2 rings (SSSR count). The summed E-state index contributed by atoms with van der Waals surface area (Å²) in [6.45, 7) is 4.53. The molecule has 92 valence electrons. The quantitative estimate of drug-likeness (QED) is 0.692. The van der Waals surface area contributed by atoms with Crippen molar-refractivity contribution in [3.63, 3.8) is 0 Å². The van der Waals surface area contributed by atoms with Gasteiger partial charge in [-0.25, -0.2) is 0 Å². The Kier molecular flexibility index (Phi) is 3.98. The lowest BCUT2D eigenvalue weighted by Gasteiger charge is -2.43. The van der Waals surface area contributed by atoms with Crippen LogP contribution in [0.15, 0.2) is 0 Å². The van der Waals surface area contributed by atoms with Gasteiger partial charge < -0.3 is 14.3 Å². The molecule has 0 N–H and O–H groups in total. The lowest BCUT2D eigenvalue weighted by molar-refractivity contribution is -0.149. The molecule has 2 aliphatic heterocycles. The van der Waals surface area contributed by atoms with E-state index < -0.39 is 0 Å². The van der Waals surface area contributed by atoms with E-state index in [4.69, 9.17) is 9.47 Å². The van der Waals surface area contributed by atoms with Crippen molar-refractivity contribution in [2.75, 3.05) is 19.8 Å². The average molecular weight is 226 g/mol. The van der Waals surface area contributed by atoms with Crippen molar-refractivity contribution in [2.24, 2.45) is 11.8 Å². The van der Waals surface area contributed by atoms with Crippen LogP contribution in [0.1, 0.15) is 39.0 Å². The number of carbonyl (C=O) groups excluding carboxylic acids is 1. The maximum Gasteiger partial charge on any atom is 0.122 e. The van der Waals surface area contributed by atoms with Gasteiger partial charge in [0.1, 0.15) is 6.29 Å².